The molecule has 0 aromatic heterocycles. The van der Waals surface area contributed by atoms with Crippen LogP contribution in [-0.2, 0) is 4.79 Å². The maximum atomic E-state index is 13.0. The van der Waals surface area contributed by atoms with E-state index in [9.17, 15) is 9.18 Å². The molecule has 3 nitrogen and oxygen atoms in total. The highest BCUT2D eigenvalue weighted by Crippen LogP contribution is 2.19. The van der Waals surface area contributed by atoms with E-state index in [-0.39, 0.29) is 17.3 Å². The molecule has 0 saturated carbocycles. The molecule has 0 unspecified atom stereocenters. The van der Waals surface area contributed by atoms with Crippen molar-refractivity contribution in [1.29, 1.82) is 5.26 Å². The Morgan fingerprint density at radius 2 is 2.10 bits per heavy atom. The number of carbonyl (C=O) groups excluding carboxylic acids is 1. The van der Waals surface area contributed by atoms with E-state index in [4.69, 9.17) is 16.9 Å². The zero-order chi connectivity index (χ0) is 15.2. The molecule has 0 aliphatic carbocycles. The smallest absolute Gasteiger partial charge is 0.248 e. The number of carbonyl (C=O) groups is 1. The quantitative estimate of drug-likeness (QED) is 0.871. The Kier molecular flexibility index (Phi) is 4.70. The van der Waals surface area contributed by atoms with Crippen molar-refractivity contribution in [3.8, 4) is 6.07 Å². The number of halogens is 2. The van der Waals surface area contributed by atoms with E-state index < -0.39 is 0 Å². The van der Waals surface area contributed by atoms with Crippen molar-refractivity contribution in [2.75, 3.05) is 5.32 Å². The van der Waals surface area contributed by atoms with Gasteiger partial charge in [0.1, 0.15) is 11.9 Å². The van der Waals surface area contributed by atoms with Gasteiger partial charge in [-0.3, -0.25) is 4.79 Å². The van der Waals surface area contributed by atoms with Crippen molar-refractivity contribution in [1.82, 2.24) is 0 Å². The molecule has 0 aliphatic heterocycles. The number of nitrogens with zero attached hydrogens (tertiary/aromatic N) is 1. The molecule has 104 valence electrons. The van der Waals surface area contributed by atoms with Crippen LogP contribution < -0.4 is 5.32 Å². The molecule has 0 bridgehead atoms. The monoisotopic (exact) mass is 300 g/mol. The first-order valence-corrected chi connectivity index (χ1v) is 6.40. The Balaban J connectivity index is 2.07. The van der Waals surface area contributed by atoms with Crippen LogP contribution in [0.15, 0.2) is 48.5 Å². The number of hydrogen-bond donors (Lipinski definition) is 1. The zero-order valence-electron chi connectivity index (χ0n) is 10.8. The average Bonchev–Trinajstić information content (AvgIpc) is 2.47. The molecule has 5 heteroatoms. The highest BCUT2D eigenvalue weighted by molar-refractivity contribution is 6.31. The fourth-order valence-electron chi connectivity index (χ4n) is 1.65. The largest absolute Gasteiger partial charge is 0.322 e. The molecule has 1 N–H and O–H groups in total. The van der Waals surface area contributed by atoms with Gasteiger partial charge < -0.3 is 5.32 Å². The molecule has 2 aromatic carbocycles. The Hall–Kier alpha value is -2.64. The summed E-state index contributed by atoms with van der Waals surface area (Å²) < 4.78 is 13.0. The van der Waals surface area contributed by atoms with E-state index in [2.05, 4.69) is 5.32 Å². The van der Waals surface area contributed by atoms with E-state index >= 15 is 0 Å². The number of nitrogens with one attached hydrogen (secondary N) is 1. The predicted molar refractivity (Wildman–Crippen MR) is 80.2 cm³/mol. The minimum atomic E-state index is -0.384. The summed E-state index contributed by atoms with van der Waals surface area (Å²) in [6.07, 6.45) is 2.79. The minimum Gasteiger partial charge on any atom is -0.322 e. The van der Waals surface area contributed by atoms with Crippen LogP contribution in [0.4, 0.5) is 10.1 Å². The lowest BCUT2D eigenvalue weighted by atomic mass is 10.2. The van der Waals surface area contributed by atoms with Crippen LogP contribution in [0.2, 0.25) is 5.02 Å². The molecule has 2 aromatic rings. The van der Waals surface area contributed by atoms with Crippen molar-refractivity contribution < 1.29 is 9.18 Å². The molecule has 0 atom stereocenters. The lowest BCUT2D eigenvalue weighted by molar-refractivity contribution is -0.111. The van der Waals surface area contributed by atoms with Crippen LogP contribution in [0, 0.1) is 17.1 Å². The van der Waals surface area contributed by atoms with Crippen LogP contribution in [0.5, 0.6) is 0 Å². The SMILES string of the molecule is N#Cc1cc(NC(=O)/C=C/c2cccc(F)c2)ccc1Cl. The van der Waals surface area contributed by atoms with Gasteiger partial charge in [0.2, 0.25) is 5.91 Å². The van der Waals surface area contributed by atoms with E-state index in [0.717, 1.165) is 0 Å². The summed E-state index contributed by atoms with van der Waals surface area (Å²) in [5.41, 5.74) is 1.33. The molecular formula is C16H10ClFN2O. The molecule has 0 spiro atoms. The number of benzene rings is 2. The maximum absolute atomic E-state index is 13.0. The second-order valence-electron chi connectivity index (χ2n) is 4.18. The molecule has 0 fully saturated rings. The van der Waals surface area contributed by atoms with E-state index in [1.54, 1.807) is 18.2 Å². The fourth-order valence-corrected chi connectivity index (χ4v) is 1.81. The summed E-state index contributed by atoms with van der Waals surface area (Å²) >= 11 is 5.80. The van der Waals surface area contributed by atoms with Gasteiger partial charge in [-0.15, -0.1) is 0 Å². The molecule has 1 amide bonds. The fraction of sp³-hybridized carbons (Fsp3) is 0. The Bertz CT molecular complexity index is 750. The third-order valence-corrected chi connectivity index (χ3v) is 2.96. The van der Waals surface area contributed by atoms with Gasteiger partial charge in [0.25, 0.3) is 0 Å². The summed E-state index contributed by atoms with van der Waals surface area (Å²) in [5.74, 6) is -0.751. The van der Waals surface area contributed by atoms with Gasteiger partial charge >= 0.3 is 0 Å². The van der Waals surface area contributed by atoms with Gasteiger partial charge in [-0.05, 0) is 42.0 Å². The summed E-state index contributed by atoms with van der Waals surface area (Å²) in [5, 5.41) is 11.8. The maximum Gasteiger partial charge on any atom is 0.248 e. The van der Waals surface area contributed by atoms with Gasteiger partial charge in [0.05, 0.1) is 10.6 Å². The van der Waals surface area contributed by atoms with Gasteiger partial charge in [-0.2, -0.15) is 5.26 Å². The summed E-state index contributed by atoms with van der Waals surface area (Å²) in [6.45, 7) is 0. The number of hydrogen-bond acceptors (Lipinski definition) is 2. The Labute approximate surface area is 126 Å². The third-order valence-electron chi connectivity index (χ3n) is 2.63. The number of anilines is 1. The normalized spacial score (nSPS) is 10.3. The highest BCUT2D eigenvalue weighted by Gasteiger charge is 2.03. The molecule has 0 saturated heterocycles. The minimum absolute atomic E-state index is 0.281. The molecular weight excluding hydrogens is 291 g/mol. The molecule has 0 heterocycles. The predicted octanol–water partition coefficient (Wildman–Crippen LogP) is 4.00. The first-order chi connectivity index (χ1) is 10.1. The van der Waals surface area contributed by atoms with E-state index in [1.807, 2.05) is 6.07 Å². The molecule has 2 rings (SSSR count). The zero-order valence-corrected chi connectivity index (χ0v) is 11.6. The number of rotatable bonds is 3. The van der Waals surface area contributed by atoms with Crippen LogP contribution >= 0.6 is 11.6 Å². The second-order valence-corrected chi connectivity index (χ2v) is 4.59. The Morgan fingerprint density at radius 3 is 2.81 bits per heavy atom. The van der Waals surface area contributed by atoms with Crippen LogP contribution in [0.3, 0.4) is 0 Å². The second kappa shape index (κ2) is 6.69. The highest BCUT2D eigenvalue weighted by atomic mass is 35.5. The van der Waals surface area contributed by atoms with Gasteiger partial charge in [0, 0.05) is 11.8 Å². The van der Waals surface area contributed by atoms with Crippen molar-refractivity contribution in [2.24, 2.45) is 0 Å². The number of nitriles is 1. The lowest BCUT2D eigenvalue weighted by Crippen LogP contribution is -2.07. The molecule has 0 aliphatic rings. The van der Waals surface area contributed by atoms with Crippen LogP contribution in [0.1, 0.15) is 11.1 Å². The van der Waals surface area contributed by atoms with Crippen LogP contribution in [-0.4, -0.2) is 5.91 Å². The molecule has 0 radical (unpaired) electrons. The van der Waals surface area contributed by atoms with E-state index in [1.165, 1.54) is 36.4 Å². The summed E-state index contributed by atoms with van der Waals surface area (Å²) in [4.78, 5) is 11.7. The molecule has 21 heavy (non-hydrogen) atoms. The standard InChI is InChI=1S/C16H10ClFN2O/c17-15-6-5-14(9-12(15)10-19)20-16(21)7-4-11-2-1-3-13(18)8-11/h1-9H,(H,20,21)/b7-4+. The first-order valence-electron chi connectivity index (χ1n) is 6.03. The third kappa shape index (κ3) is 4.16. The lowest BCUT2D eigenvalue weighted by Gasteiger charge is -2.03. The summed E-state index contributed by atoms with van der Waals surface area (Å²) in [6, 6.07) is 12.4. The summed E-state index contributed by atoms with van der Waals surface area (Å²) in [7, 11) is 0. The van der Waals surface area contributed by atoms with Gasteiger partial charge in [0.15, 0.2) is 0 Å². The van der Waals surface area contributed by atoms with Crippen molar-refractivity contribution >= 4 is 29.3 Å². The van der Waals surface area contributed by atoms with Crippen molar-refractivity contribution in [3.05, 3.63) is 70.5 Å². The number of amides is 1. The average molecular weight is 301 g/mol. The van der Waals surface area contributed by atoms with Crippen molar-refractivity contribution in [3.63, 3.8) is 0 Å². The van der Waals surface area contributed by atoms with Gasteiger partial charge in [-0.25, -0.2) is 4.39 Å². The first kappa shape index (κ1) is 14.8. The van der Waals surface area contributed by atoms with E-state index in [0.29, 0.717) is 16.3 Å². The Morgan fingerprint density at radius 1 is 1.29 bits per heavy atom. The van der Waals surface area contributed by atoms with Crippen LogP contribution in [0.25, 0.3) is 6.08 Å². The van der Waals surface area contributed by atoms with Crippen molar-refractivity contribution in [2.45, 2.75) is 0 Å². The topological polar surface area (TPSA) is 52.9 Å². The van der Waals surface area contributed by atoms with Gasteiger partial charge in [-0.1, -0.05) is 23.7 Å².